The fourth-order valence-corrected chi connectivity index (χ4v) is 1.61. The Bertz CT molecular complexity index is 272. The normalized spacial score (nSPS) is 9.30. The van der Waals surface area contributed by atoms with Crippen LogP contribution in [-0.2, 0) is 5.88 Å². The molecular formula is C7H6ClNS. The van der Waals surface area contributed by atoms with Crippen LogP contribution in [0.3, 0.4) is 0 Å². The van der Waals surface area contributed by atoms with Crippen molar-refractivity contribution in [3.63, 3.8) is 0 Å². The molecule has 1 rings (SSSR count). The number of aryl methyl sites for hydroxylation is 1. The molecule has 0 saturated carbocycles. The minimum absolute atomic E-state index is 0.452. The van der Waals surface area contributed by atoms with Crippen LogP contribution in [0, 0.1) is 19.3 Å². The fourth-order valence-electron chi connectivity index (χ4n) is 0.642. The second-order valence-electron chi connectivity index (χ2n) is 1.79. The number of rotatable bonds is 1. The van der Waals surface area contributed by atoms with Crippen molar-refractivity contribution in [1.82, 2.24) is 4.98 Å². The van der Waals surface area contributed by atoms with Crippen LogP contribution >= 0.6 is 22.9 Å². The standard InChI is InChI=1S/C7H6ClNS/c1-3-6-5(2)10-7(4-8)9-6/h1H,4H2,2H3. The van der Waals surface area contributed by atoms with Crippen LogP contribution in [-0.4, -0.2) is 4.98 Å². The number of nitrogens with zero attached hydrogens (tertiary/aromatic N) is 1. The Morgan fingerprint density at radius 2 is 2.50 bits per heavy atom. The minimum Gasteiger partial charge on any atom is -0.231 e. The summed E-state index contributed by atoms with van der Waals surface area (Å²) in [7, 11) is 0. The first-order valence-corrected chi connectivity index (χ1v) is 4.12. The Morgan fingerprint density at radius 1 is 1.80 bits per heavy atom. The first-order valence-electron chi connectivity index (χ1n) is 2.76. The molecule has 0 saturated heterocycles. The lowest BCUT2D eigenvalue weighted by molar-refractivity contribution is 1.23. The SMILES string of the molecule is C#Cc1nc(CCl)sc1C. The summed E-state index contributed by atoms with van der Waals surface area (Å²) in [5.74, 6) is 2.94. The van der Waals surface area contributed by atoms with Crippen molar-refractivity contribution in [2.45, 2.75) is 12.8 Å². The molecule has 1 aromatic heterocycles. The third-order valence-corrected chi connectivity index (χ3v) is 2.47. The second-order valence-corrected chi connectivity index (χ2v) is 3.35. The topological polar surface area (TPSA) is 12.9 Å². The summed E-state index contributed by atoms with van der Waals surface area (Å²) in [6.45, 7) is 1.95. The van der Waals surface area contributed by atoms with Crippen molar-refractivity contribution >= 4 is 22.9 Å². The van der Waals surface area contributed by atoms with Gasteiger partial charge in [-0.2, -0.15) is 0 Å². The molecule has 0 bridgehead atoms. The van der Waals surface area contributed by atoms with Crippen LogP contribution in [0.4, 0.5) is 0 Å². The van der Waals surface area contributed by atoms with Crippen LogP contribution in [0.25, 0.3) is 0 Å². The lowest BCUT2D eigenvalue weighted by atomic mass is 10.4. The molecule has 52 valence electrons. The van der Waals surface area contributed by atoms with E-state index in [9.17, 15) is 0 Å². The number of hydrogen-bond acceptors (Lipinski definition) is 2. The van der Waals surface area contributed by atoms with Crippen molar-refractivity contribution in [3.8, 4) is 12.3 Å². The minimum atomic E-state index is 0.452. The first-order chi connectivity index (χ1) is 4.77. The molecule has 0 amide bonds. The van der Waals surface area contributed by atoms with Gasteiger partial charge in [0.15, 0.2) is 0 Å². The molecule has 0 N–H and O–H groups in total. The van der Waals surface area contributed by atoms with Gasteiger partial charge in [-0.15, -0.1) is 29.4 Å². The Balaban J connectivity index is 3.07. The Kier molecular flexibility index (Phi) is 2.31. The maximum atomic E-state index is 5.55. The van der Waals surface area contributed by atoms with Crippen molar-refractivity contribution in [3.05, 3.63) is 15.6 Å². The van der Waals surface area contributed by atoms with Crippen LogP contribution in [0.1, 0.15) is 15.6 Å². The van der Waals surface area contributed by atoms with Gasteiger partial charge in [0.05, 0.1) is 5.88 Å². The molecule has 0 aliphatic rings. The molecule has 0 aliphatic carbocycles. The van der Waals surface area contributed by atoms with Gasteiger partial charge in [0.25, 0.3) is 0 Å². The van der Waals surface area contributed by atoms with Crippen molar-refractivity contribution < 1.29 is 0 Å². The van der Waals surface area contributed by atoms with Crippen LogP contribution in [0.15, 0.2) is 0 Å². The predicted octanol–water partition coefficient (Wildman–Crippen LogP) is 2.17. The molecule has 3 heteroatoms. The molecule has 0 aliphatic heterocycles. The quantitative estimate of drug-likeness (QED) is 0.466. The molecule has 0 radical (unpaired) electrons. The molecule has 0 aromatic carbocycles. The zero-order valence-corrected chi connectivity index (χ0v) is 7.09. The van der Waals surface area contributed by atoms with Crippen molar-refractivity contribution in [2.24, 2.45) is 0 Å². The second kappa shape index (κ2) is 3.05. The van der Waals surface area contributed by atoms with E-state index < -0.39 is 0 Å². The highest BCUT2D eigenvalue weighted by atomic mass is 35.5. The monoisotopic (exact) mass is 171 g/mol. The van der Waals surface area contributed by atoms with Gasteiger partial charge in [-0.1, -0.05) is 0 Å². The number of terminal acetylenes is 1. The Morgan fingerprint density at radius 3 is 2.80 bits per heavy atom. The number of hydrogen-bond donors (Lipinski definition) is 0. The van der Waals surface area contributed by atoms with Gasteiger partial charge in [0.2, 0.25) is 0 Å². The summed E-state index contributed by atoms with van der Waals surface area (Å²) in [6.07, 6.45) is 5.17. The lowest BCUT2D eigenvalue weighted by Gasteiger charge is -1.78. The van der Waals surface area contributed by atoms with Crippen molar-refractivity contribution in [1.29, 1.82) is 0 Å². The van der Waals surface area contributed by atoms with Gasteiger partial charge in [0, 0.05) is 4.88 Å². The molecule has 1 nitrogen and oxygen atoms in total. The van der Waals surface area contributed by atoms with E-state index in [-0.39, 0.29) is 0 Å². The molecule has 0 fully saturated rings. The smallest absolute Gasteiger partial charge is 0.127 e. The number of aromatic nitrogens is 1. The summed E-state index contributed by atoms with van der Waals surface area (Å²) in [4.78, 5) is 5.16. The van der Waals surface area contributed by atoms with E-state index in [1.807, 2.05) is 6.92 Å². The van der Waals surface area contributed by atoms with Gasteiger partial charge in [-0.25, -0.2) is 4.98 Å². The summed E-state index contributed by atoms with van der Waals surface area (Å²) in [5.41, 5.74) is 0.723. The van der Waals surface area contributed by atoms with Crippen LogP contribution in [0.5, 0.6) is 0 Å². The number of halogens is 1. The number of alkyl halides is 1. The van der Waals surface area contributed by atoms with Gasteiger partial charge in [-0.05, 0) is 12.8 Å². The average Bonchev–Trinajstić information content (AvgIpc) is 2.30. The molecule has 1 aromatic rings. The van der Waals surface area contributed by atoms with E-state index in [0.29, 0.717) is 5.88 Å². The number of thiazole rings is 1. The molecular weight excluding hydrogens is 166 g/mol. The third kappa shape index (κ3) is 1.31. The predicted molar refractivity (Wildman–Crippen MR) is 44.3 cm³/mol. The molecule has 10 heavy (non-hydrogen) atoms. The van der Waals surface area contributed by atoms with Crippen LogP contribution in [0.2, 0.25) is 0 Å². The summed E-state index contributed by atoms with van der Waals surface area (Å²) in [5, 5.41) is 0.895. The van der Waals surface area contributed by atoms with E-state index in [0.717, 1.165) is 15.6 Å². The average molecular weight is 172 g/mol. The van der Waals surface area contributed by atoms with Crippen molar-refractivity contribution in [2.75, 3.05) is 0 Å². The van der Waals surface area contributed by atoms with Gasteiger partial charge < -0.3 is 0 Å². The van der Waals surface area contributed by atoms with Gasteiger partial charge in [0.1, 0.15) is 10.7 Å². The van der Waals surface area contributed by atoms with Crippen LogP contribution < -0.4 is 0 Å². The molecule has 0 spiro atoms. The highest BCUT2D eigenvalue weighted by molar-refractivity contribution is 7.11. The Labute approximate surface area is 69.1 Å². The van der Waals surface area contributed by atoms with E-state index >= 15 is 0 Å². The van der Waals surface area contributed by atoms with Gasteiger partial charge in [-0.3, -0.25) is 0 Å². The Hall–Kier alpha value is -0.520. The van der Waals surface area contributed by atoms with E-state index in [2.05, 4.69) is 10.9 Å². The zero-order chi connectivity index (χ0) is 7.56. The largest absolute Gasteiger partial charge is 0.231 e. The summed E-state index contributed by atoms with van der Waals surface area (Å²) in [6, 6.07) is 0. The third-order valence-electron chi connectivity index (χ3n) is 1.09. The maximum absolute atomic E-state index is 5.55. The fraction of sp³-hybridized carbons (Fsp3) is 0.286. The van der Waals surface area contributed by atoms with E-state index in [4.69, 9.17) is 18.0 Å². The summed E-state index contributed by atoms with van der Waals surface area (Å²) >= 11 is 7.10. The maximum Gasteiger partial charge on any atom is 0.127 e. The van der Waals surface area contributed by atoms with Gasteiger partial charge >= 0.3 is 0 Å². The lowest BCUT2D eigenvalue weighted by Crippen LogP contribution is -1.77. The molecule has 0 atom stereocenters. The first kappa shape index (κ1) is 7.59. The van der Waals surface area contributed by atoms with E-state index in [1.165, 1.54) is 0 Å². The molecule has 0 unspecified atom stereocenters. The molecule has 1 heterocycles. The highest BCUT2D eigenvalue weighted by Crippen LogP contribution is 2.17. The summed E-state index contributed by atoms with van der Waals surface area (Å²) < 4.78 is 0. The zero-order valence-electron chi connectivity index (χ0n) is 5.52. The van der Waals surface area contributed by atoms with E-state index in [1.54, 1.807) is 11.3 Å². The highest BCUT2D eigenvalue weighted by Gasteiger charge is 2.02.